The Hall–Kier alpha value is -0.730. The third-order valence-corrected chi connectivity index (χ3v) is 2.66. The fourth-order valence-electron chi connectivity index (χ4n) is 1.63. The van der Waals surface area contributed by atoms with E-state index in [9.17, 15) is 0 Å². The Morgan fingerprint density at radius 3 is 2.77 bits per heavy atom. The minimum absolute atomic E-state index is 0.332. The van der Waals surface area contributed by atoms with Gasteiger partial charge in [-0.1, -0.05) is 17.7 Å². The second kappa shape index (κ2) is 3.20. The van der Waals surface area contributed by atoms with E-state index in [0.717, 1.165) is 18.1 Å². The summed E-state index contributed by atoms with van der Waals surface area (Å²) in [5.74, 6) is 0. The standard InChI is InChI=1S/C10H13ClN2/c1-7-2-3-8(11)4-10(7)13-5-9(12)6-13/h2-4,9H,5-6,12H2,1H3. The highest BCUT2D eigenvalue weighted by molar-refractivity contribution is 6.30. The van der Waals surface area contributed by atoms with Crippen molar-refractivity contribution in [2.75, 3.05) is 18.0 Å². The van der Waals surface area contributed by atoms with Crippen LogP contribution in [0.25, 0.3) is 0 Å². The van der Waals surface area contributed by atoms with E-state index >= 15 is 0 Å². The number of anilines is 1. The highest BCUT2D eigenvalue weighted by atomic mass is 35.5. The molecule has 2 nitrogen and oxygen atoms in total. The lowest BCUT2D eigenvalue weighted by molar-refractivity contribution is 0.518. The van der Waals surface area contributed by atoms with Crippen LogP contribution in [0.5, 0.6) is 0 Å². The first-order chi connectivity index (χ1) is 6.16. The average molecular weight is 197 g/mol. The third kappa shape index (κ3) is 1.64. The Bertz CT molecular complexity index is 319. The van der Waals surface area contributed by atoms with Crippen molar-refractivity contribution in [1.82, 2.24) is 0 Å². The van der Waals surface area contributed by atoms with E-state index in [2.05, 4.69) is 11.8 Å². The molecule has 0 amide bonds. The van der Waals surface area contributed by atoms with Gasteiger partial charge >= 0.3 is 0 Å². The number of aryl methyl sites for hydroxylation is 1. The molecule has 1 heterocycles. The van der Waals surface area contributed by atoms with Crippen LogP contribution in [0, 0.1) is 6.92 Å². The molecular weight excluding hydrogens is 184 g/mol. The summed E-state index contributed by atoms with van der Waals surface area (Å²) in [6.45, 7) is 3.98. The Balaban J connectivity index is 2.24. The van der Waals surface area contributed by atoms with Crippen molar-refractivity contribution in [3.63, 3.8) is 0 Å². The quantitative estimate of drug-likeness (QED) is 0.742. The van der Waals surface area contributed by atoms with Gasteiger partial charge in [-0.3, -0.25) is 0 Å². The van der Waals surface area contributed by atoms with Crippen LogP contribution in [0.1, 0.15) is 5.56 Å². The Morgan fingerprint density at radius 2 is 2.15 bits per heavy atom. The predicted octanol–water partition coefficient (Wildman–Crippen LogP) is 1.80. The third-order valence-electron chi connectivity index (χ3n) is 2.42. The van der Waals surface area contributed by atoms with Crippen LogP contribution in [0.3, 0.4) is 0 Å². The Kier molecular flexibility index (Phi) is 2.18. The number of nitrogens with two attached hydrogens (primary N) is 1. The molecule has 70 valence electrons. The highest BCUT2D eigenvalue weighted by Crippen LogP contribution is 2.27. The molecule has 0 radical (unpaired) electrons. The van der Waals surface area contributed by atoms with Crippen molar-refractivity contribution >= 4 is 17.3 Å². The van der Waals surface area contributed by atoms with Gasteiger partial charge in [0.05, 0.1) is 0 Å². The van der Waals surface area contributed by atoms with E-state index in [1.807, 2.05) is 18.2 Å². The maximum atomic E-state index is 5.92. The number of nitrogens with zero attached hydrogens (tertiary/aromatic N) is 1. The van der Waals surface area contributed by atoms with Crippen molar-refractivity contribution in [3.05, 3.63) is 28.8 Å². The zero-order chi connectivity index (χ0) is 9.42. The number of hydrogen-bond donors (Lipinski definition) is 1. The summed E-state index contributed by atoms with van der Waals surface area (Å²) in [4.78, 5) is 2.26. The summed E-state index contributed by atoms with van der Waals surface area (Å²) in [5, 5.41) is 0.793. The fourth-order valence-corrected chi connectivity index (χ4v) is 1.80. The van der Waals surface area contributed by atoms with Crippen LogP contribution in [0.15, 0.2) is 18.2 Å². The van der Waals surface area contributed by atoms with Crippen molar-refractivity contribution in [2.24, 2.45) is 5.73 Å². The maximum absolute atomic E-state index is 5.92. The molecule has 1 aromatic carbocycles. The van der Waals surface area contributed by atoms with Crippen LogP contribution in [0.4, 0.5) is 5.69 Å². The topological polar surface area (TPSA) is 29.3 Å². The minimum atomic E-state index is 0.332. The number of rotatable bonds is 1. The predicted molar refractivity (Wildman–Crippen MR) is 56.4 cm³/mol. The molecular formula is C10H13ClN2. The van der Waals surface area contributed by atoms with Gasteiger partial charge in [0.25, 0.3) is 0 Å². The van der Waals surface area contributed by atoms with Crippen LogP contribution >= 0.6 is 11.6 Å². The minimum Gasteiger partial charge on any atom is -0.368 e. The molecule has 3 heteroatoms. The molecule has 0 unspecified atom stereocenters. The molecule has 2 N–H and O–H groups in total. The highest BCUT2D eigenvalue weighted by Gasteiger charge is 2.24. The van der Waals surface area contributed by atoms with Crippen LogP contribution in [-0.2, 0) is 0 Å². The Labute approximate surface area is 83.3 Å². The Morgan fingerprint density at radius 1 is 1.46 bits per heavy atom. The molecule has 1 aliphatic heterocycles. The van der Waals surface area contributed by atoms with Crippen molar-refractivity contribution in [3.8, 4) is 0 Å². The number of benzene rings is 1. The van der Waals surface area contributed by atoms with Crippen LogP contribution in [0.2, 0.25) is 5.02 Å². The lowest BCUT2D eigenvalue weighted by Crippen LogP contribution is -2.56. The van der Waals surface area contributed by atoms with E-state index in [-0.39, 0.29) is 0 Å². The second-order valence-corrected chi connectivity index (χ2v) is 4.03. The molecule has 0 aromatic heterocycles. The summed E-state index contributed by atoms with van der Waals surface area (Å²) in [6, 6.07) is 6.29. The molecule has 0 bridgehead atoms. The summed E-state index contributed by atoms with van der Waals surface area (Å²) >= 11 is 5.92. The molecule has 0 aliphatic carbocycles. The first-order valence-electron chi connectivity index (χ1n) is 4.43. The molecule has 1 aromatic rings. The van der Waals surface area contributed by atoms with E-state index in [1.54, 1.807) is 0 Å². The van der Waals surface area contributed by atoms with Gasteiger partial charge in [0.2, 0.25) is 0 Å². The molecule has 0 saturated carbocycles. The maximum Gasteiger partial charge on any atom is 0.0426 e. The summed E-state index contributed by atoms with van der Waals surface area (Å²) in [5.41, 5.74) is 8.20. The fraction of sp³-hybridized carbons (Fsp3) is 0.400. The zero-order valence-electron chi connectivity index (χ0n) is 7.63. The lowest BCUT2D eigenvalue weighted by Gasteiger charge is -2.39. The molecule has 1 saturated heterocycles. The van der Waals surface area contributed by atoms with Crippen LogP contribution < -0.4 is 10.6 Å². The van der Waals surface area contributed by atoms with Crippen molar-refractivity contribution in [1.29, 1.82) is 0 Å². The van der Waals surface area contributed by atoms with E-state index in [0.29, 0.717) is 6.04 Å². The van der Waals surface area contributed by atoms with Gasteiger partial charge in [0, 0.05) is 29.8 Å². The SMILES string of the molecule is Cc1ccc(Cl)cc1N1CC(N)C1. The first kappa shape index (κ1) is 8.85. The van der Waals surface area contributed by atoms with Gasteiger partial charge < -0.3 is 10.6 Å². The van der Waals surface area contributed by atoms with E-state index in [1.165, 1.54) is 11.3 Å². The van der Waals surface area contributed by atoms with Gasteiger partial charge in [-0.2, -0.15) is 0 Å². The van der Waals surface area contributed by atoms with Gasteiger partial charge in [0.1, 0.15) is 0 Å². The van der Waals surface area contributed by atoms with E-state index < -0.39 is 0 Å². The van der Waals surface area contributed by atoms with Gasteiger partial charge in [0.15, 0.2) is 0 Å². The van der Waals surface area contributed by atoms with Crippen molar-refractivity contribution < 1.29 is 0 Å². The smallest absolute Gasteiger partial charge is 0.0426 e. The monoisotopic (exact) mass is 196 g/mol. The van der Waals surface area contributed by atoms with Gasteiger partial charge in [-0.05, 0) is 24.6 Å². The lowest BCUT2D eigenvalue weighted by atomic mass is 10.1. The number of halogens is 1. The molecule has 0 atom stereocenters. The molecule has 0 spiro atoms. The largest absolute Gasteiger partial charge is 0.368 e. The van der Waals surface area contributed by atoms with E-state index in [4.69, 9.17) is 17.3 Å². The first-order valence-corrected chi connectivity index (χ1v) is 4.81. The molecule has 1 fully saturated rings. The molecule has 1 aliphatic rings. The van der Waals surface area contributed by atoms with Crippen molar-refractivity contribution in [2.45, 2.75) is 13.0 Å². The summed E-state index contributed by atoms with van der Waals surface area (Å²) in [7, 11) is 0. The van der Waals surface area contributed by atoms with Gasteiger partial charge in [-0.15, -0.1) is 0 Å². The normalized spacial score (nSPS) is 17.3. The second-order valence-electron chi connectivity index (χ2n) is 3.60. The zero-order valence-corrected chi connectivity index (χ0v) is 8.38. The summed E-state index contributed by atoms with van der Waals surface area (Å²) in [6.07, 6.45) is 0. The van der Waals surface area contributed by atoms with Gasteiger partial charge in [-0.25, -0.2) is 0 Å². The number of hydrogen-bond acceptors (Lipinski definition) is 2. The van der Waals surface area contributed by atoms with Crippen LogP contribution in [-0.4, -0.2) is 19.1 Å². The molecule has 2 rings (SSSR count). The average Bonchev–Trinajstić information content (AvgIpc) is 2.04. The molecule has 13 heavy (non-hydrogen) atoms. The summed E-state index contributed by atoms with van der Waals surface area (Å²) < 4.78 is 0.